The predicted molar refractivity (Wildman–Crippen MR) is 133 cm³/mol. The number of aliphatic hydroxyl groups excluding tert-OH is 2. The number of nitrogens with one attached hydrogen (secondary N) is 2. The summed E-state index contributed by atoms with van der Waals surface area (Å²) in [5.41, 5.74) is 1.33. The molecule has 14 heteroatoms. The van der Waals surface area contributed by atoms with Crippen molar-refractivity contribution in [2.45, 2.75) is 37.3 Å². The van der Waals surface area contributed by atoms with Gasteiger partial charge < -0.3 is 15.5 Å². The van der Waals surface area contributed by atoms with Gasteiger partial charge in [0.1, 0.15) is 36.2 Å². The van der Waals surface area contributed by atoms with Gasteiger partial charge in [-0.15, -0.1) is 0 Å². The van der Waals surface area contributed by atoms with Gasteiger partial charge in [-0.25, -0.2) is 9.97 Å². The Morgan fingerprint density at radius 3 is 2.83 bits per heavy atom. The molecule has 0 radical (unpaired) electrons. The zero-order valence-corrected chi connectivity index (χ0v) is 21.4. The second-order valence-electron chi connectivity index (χ2n) is 7.90. The lowest BCUT2D eigenvalue weighted by molar-refractivity contribution is -0.00882. The molecule has 0 bridgehead atoms. The van der Waals surface area contributed by atoms with E-state index in [0.717, 1.165) is 9.13 Å². The summed E-state index contributed by atoms with van der Waals surface area (Å²) in [5.74, 6) is -0.321. The zero-order chi connectivity index (χ0) is 25.2. The molecule has 12 nitrogen and oxygen atoms in total. The number of aliphatic hydroxyl groups is 2. The molecular weight excluding hydrogens is 591 g/mol. The highest BCUT2D eigenvalue weighted by Gasteiger charge is 2.44. The summed E-state index contributed by atoms with van der Waals surface area (Å²) in [7, 11) is -2.91. The van der Waals surface area contributed by atoms with E-state index >= 15 is 0 Å². The molecule has 1 fully saturated rings. The van der Waals surface area contributed by atoms with E-state index in [-0.39, 0.29) is 23.5 Å². The van der Waals surface area contributed by atoms with Crippen molar-refractivity contribution < 1.29 is 27.6 Å². The highest BCUT2D eigenvalue weighted by atomic mass is 127. The van der Waals surface area contributed by atoms with Crippen LogP contribution in [0.25, 0.3) is 0 Å². The third-order valence-electron chi connectivity index (χ3n) is 5.52. The molecule has 1 saturated carbocycles. The van der Waals surface area contributed by atoms with Crippen LogP contribution in [0.15, 0.2) is 49.1 Å². The maximum atomic E-state index is 13.2. The molecule has 35 heavy (non-hydrogen) atoms. The molecule has 1 aliphatic carbocycles. The van der Waals surface area contributed by atoms with Crippen molar-refractivity contribution in [3.05, 3.63) is 69.4 Å². The first kappa shape index (κ1) is 25.6. The number of hydrogen-bond donors (Lipinski definition) is 4. The van der Waals surface area contributed by atoms with Crippen molar-refractivity contribution in [2.75, 3.05) is 12.4 Å². The first-order chi connectivity index (χ1) is 16.7. The van der Waals surface area contributed by atoms with Crippen LogP contribution in [0, 0.1) is 3.57 Å². The molecule has 2 heterocycles. The Morgan fingerprint density at radius 2 is 2.09 bits per heavy atom. The second kappa shape index (κ2) is 10.6. The Hall–Kier alpha value is -2.50. The van der Waals surface area contributed by atoms with Gasteiger partial charge in [0.05, 0.1) is 18.2 Å². The lowest BCUT2D eigenvalue weighted by Gasteiger charge is -2.19. The molecule has 0 spiro atoms. The van der Waals surface area contributed by atoms with Gasteiger partial charge in [0.15, 0.2) is 0 Å². The van der Waals surface area contributed by atoms with E-state index in [2.05, 4.69) is 43.0 Å². The maximum absolute atomic E-state index is 13.2. The van der Waals surface area contributed by atoms with E-state index in [1.54, 1.807) is 16.9 Å². The Bertz CT molecular complexity index is 1320. The van der Waals surface area contributed by atoms with E-state index in [1.165, 1.54) is 19.6 Å². The first-order valence-electron chi connectivity index (χ1n) is 10.5. The lowest BCUT2D eigenvalue weighted by atomic mass is 10.1. The summed E-state index contributed by atoms with van der Waals surface area (Å²) in [6, 6.07) is 8.69. The Balaban J connectivity index is 1.50. The van der Waals surface area contributed by atoms with E-state index in [9.17, 15) is 23.4 Å². The molecule has 0 aliphatic heterocycles. The number of rotatable bonds is 9. The van der Waals surface area contributed by atoms with Gasteiger partial charge in [-0.05, 0) is 46.4 Å². The van der Waals surface area contributed by atoms with Crippen LogP contribution >= 0.6 is 22.6 Å². The summed E-state index contributed by atoms with van der Waals surface area (Å²) >= 11 is 2.23. The predicted octanol–water partition coefficient (Wildman–Crippen LogP) is 0.312. The topological polar surface area (TPSA) is 169 Å². The molecule has 1 aromatic carbocycles. The summed E-state index contributed by atoms with van der Waals surface area (Å²) in [4.78, 5) is 21.2. The smallest absolute Gasteiger partial charge is 0.335 e. The molecule has 3 aromatic rings. The van der Waals surface area contributed by atoms with Gasteiger partial charge in [-0.3, -0.25) is 13.7 Å². The first-order valence-corrected chi connectivity index (χ1v) is 13.0. The molecule has 4 rings (SSSR count). The van der Waals surface area contributed by atoms with Crippen molar-refractivity contribution in [1.29, 1.82) is 0 Å². The van der Waals surface area contributed by atoms with Crippen LogP contribution in [0.1, 0.15) is 28.0 Å². The van der Waals surface area contributed by atoms with Crippen LogP contribution < -0.4 is 10.0 Å². The maximum Gasteiger partial charge on any atom is 0.335 e. The molecule has 0 saturated heterocycles. The monoisotopic (exact) mass is 614 g/mol. The summed E-state index contributed by atoms with van der Waals surface area (Å²) in [5, 5.41) is 27.9. The number of carbonyl (C=O) groups is 1. The van der Waals surface area contributed by atoms with Crippen LogP contribution in [0.2, 0.25) is 0 Å². The normalized spacial score (nSPS) is 22.3. The van der Waals surface area contributed by atoms with Crippen molar-refractivity contribution in [3.8, 4) is 0 Å². The number of anilines is 1. The number of hydrogen-bond acceptors (Lipinski definition) is 10. The van der Waals surface area contributed by atoms with Gasteiger partial charge >= 0.3 is 10.3 Å². The van der Waals surface area contributed by atoms with Crippen molar-refractivity contribution in [2.24, 2.45) is 0 Å². The third kappa shape index (κ3) is 6.02. The number of benzene rings is 1. The SMILES string of the molecule is CNS(=O)(=O)O[C@@H]1C[C@@H](Nc2ncncc2C(=O)c2ccn(Cc3cccc(I)c3)n2)[C@H](O)[C@H]1O. The molecule has 186 valence electrons. The number of carbonyl (C=O) groups excluding carboxylic acids is 1. The largest absolute Gasteiger partial charge is 0.388 e. The van der Waals surface area contributed by atoms with E-state index < -0.39 is 40.4 Å². The molecule has 4 atom stereocenters. The van der Waals surface area contributed by atoms with Crippen LogP contribution in [-0.4, -0.2) is 75.6 Å². The fourth-order valence-corrected chi connectivity index (χ4v) is 4.98. The average molecular weight is 614 g/mol. The number of ketones is 1. The van der Waals surface area contributed by atoms with E-state index in [4.69, 9.17) is 4.18 Å². The van der Waals surface area contributed by atoms with E-state index in [1.807, 2.05) is 29.0 Å². The molecule has 1 aliphatic rings. The lowest BCUT2D eigenvalue weighted by Crippen LogP contribution is -2.38. The van der Waals surface area contributed by atoms with Crippen LogP contribution in [-0.2, 0) is 21.0 Å². The van der Waals surface area contributed by atoms with Gasteiger partial charge in [0.2, 0.25) is 5.78 Å². The summed E-state index contributed by atoms with van der Waals surface area (Å²) in [6.45, 7) is 0.490. The minimum Gasteiger partial charge on any atom is -0.388 e. The van der Waals surface area contributed by atoms with Crippen molar-refractivity contribution >= 4 is 44.5 Å². The van der Waals surface area contributed by atoms with Gasteiger partial charge in [-0.1, -0.05) is 12.1 Å². The minimum absolute atomic E-state index is 0.0502. The second-order valence-corrected chi connectivity index (χ2v) is 10.7. The van der Waals surface area contributed by atoms with Gasteiger partial charge in [-0.2, -0.15) is 18.2 Å². The summed E-state index contributed by atoms with van der Waals surface area (Å²) < 4.78 is 33.0. The van der Waals surface area contributed by atoms with Crippen LogP contribution in [0.5, 0.6) is 0 Å². The Labute approximate surface area is 215 Å². The summed E-state index contributed by atoms with van der Waals surface area (Å²) in [6.07, 6.45) is 0.194. The minimum atomic E-state index is -4.08. The van der Waals surface area contributed by atoms with Crippen LogP contribution in [0.3, 0.4) is 0 Å². The fourth-order valence-electron chi connectivity index (χ4n) is 3.76. The van der Waals surface area contributed by atoms with Crippen molar-refractivity contribution in [1.82, 2.24) is 24.5 Å². The van der Waals surface area contributed by atoms with Gasteiger partial charge in [0, 0.05) is 29.4 Å². The fraction of sp³-hybridized carbons (Fsp3) is 0.333. The third-order valence-corrected chi connectivity index (χ3v) is 7.19. The highest BCUT2D eigenvalue weighted by Crippen LogP contribution is 2.28. The van der Waals surface area contributed by atoms with Crippen molar-refractivity contribution in [3.63, 3.8) is 0 Å². The number of nitrogens with zero attached hydrogens (tertiary/aromatic N) is 4. The number of halogens is 1. The zero-order valence-electron chi connectivity index (χ0n) is 18.4. The van der Waals surface area contributed by atoms with E-state index in [0.29, 0.717) is 6.54 Å². The average Bonchev–Trinajstić information content (AvgIpc) is 3.39. The molecular formula is C21H23IN6O6S. The number of aromatic nitrogens is 4. The molecule has 4 N–H and O–H groups in total. The quantitative estimate of drug-likeness (QED) is 0.195. The standard InChI is InChI=1S/C21H23IN6O6S/c1-23-35(32,33)34-17-8-16(19(30)20(17)31)26-21-14(9-24-11-25-21)18(29)15-5-6-28(27-15)10-12-3-2-4-13(22)7-12/h2-7,9,11,16-17,19-20,23,30-31H,8,10H2,1H3,(H,24,25,26)/t16-,17-,19+,20+/m1/s1. The molecule has 2 aromatic heterocycles. The highest BCUT2D eigenvalue weighted by molar-refractivity contribution is 14.1. The van der Waals surface area contributed by atoms with Crippen LogP contribution in [0.4, 0.5) is 5.82 Å². The molecule has 0 unspecified atom stereocenters. The van der Waals surface area contributed by atoms with Gasteiger partial charge in [0.25, 0.3) is 0 Å². The Kier molecular flexibility index (Phi) is 7.77. The molecule has 0 amide bonds. The Morgan fingerprint density at radius 1 is 1.29 bits per heavy atom.